The first-order valence-electron chi connectivity index (χ1n) is 12.7. The number of fused-ring (bicyclic) bond motifs is 1. The van der Waals surface area contributed by atoms with Crippen molar-refractivity contribution in [2.75, 3.05) is 43.7 Å². The van der Waals surface area contributed by atoms with Gasteiger partial charge in [-0.3, -0.25) is 9.69 Å². The number of alkyl halides is 3. The minimum atomic E-state index is -4.60. The lowest BCUT2D eigenvalue weighted by molar-refractivity contribution is -0.138. The van der Waals surface area contributed by atoms with Crippen LogP contribution in [0.4, 0.5) is 30.2 Å². The molecule has 2 aliphatic rings. The van der Waals surface area contributed by atoms with Crippen LogP contribution in [-0.4, -0.2) is 61.8 Å². The summed E-state index contributed by atoms with van der Waals surface area (Å²) in [6.07, 6.45) is -4.92. The number of piperazine rings is 1. The Labute approximate surface area is 233 Å². The number of methoxy groups -OCH3 is 2. The van der Waals surface area contributed by atoms with Crippen LogP contribution in [-0.2, 0) is 11.0 Å². The van der Waals surface area contributed by atoms with E-state index in [1.54, 1.807) is 12.0 Å². The lowest BCUT2D eigenvalue weighted by atomic mass is 10.0. The lowest BCUT2D eigenvalue weighted by Gasteiger charge is -2.47. The zero-order valence-electron chi connectivity index (χ0n) is 22.2. The largest absolute Gasteiger partial charge is 0.497 e. The summed E-state index contributed by atoms with van der Waals surface area (Å²) in [6.45, 7) is 3.69. The van der Waals surface area contributed by atoms with Crippen LogP contribution in [0.15, 0.2) is 58.9 Å². The molecule has 0 aliphatic carbocycles. The Hall–Kier alpha value is -3.93. The van der Waals surface area contributed by atoms with E-state index in [-0.39, 0.29) is 23.9 Å². The van der Waals surface area contributed by atoms with E-state index < -0.39 is 23.8 Å². The second-order valence-corrected chi connectivity index (χ2v) is 10.6. The minimum absolute atomic E-state index is 0.00982. The molecular weight excluding hydrogens is 545 g/mol. The Kier molecular flexibility index (Phi) is 7.54. The van der Waals surface area contributed by atoms with Crippen molar-refractivity contribution in [2.24, 2.45) is 4.99 Å². The van der Waals surface area contributed by atoms with E-state index in [4.69, 9.17) is 14.5 Å². The van der Waals surface area contributed by atoms with Gasteiger partial charge in [0.2, 0.25) is 5.96 Å². The number of rotatable bonds is 6. The first kappa shape index (κ1) is 27.6. The SMILES string of the molecule is COc1cccc(N2CCN(C3=Nc4ccsc4[C@@H](CC(=O)O)N3c3cc(C(F)(F)F)ccc3OC)C[C@H]2C)c1. The molecule has 3 aromatic rings. The molecule has 12 heteroatoms. The molecule has 0 saturated carbocycles. The predicted molar refractivity (Wildman–Crippen MR) is 148 cm³/mol. The third kappa shape index (κ3) is 5.27. The number of halogens is 3. The molecule has 8 nitrogen and oxygen atoms in total. The summed E-state index contributed by atoms with van der Waals surface area (Å²) in [5, 5.41) is 11.7. The average molecular weight is 575 g/mol. The maximum Gasteiger partial charge on any atom is 0.416 e. The Morgan fingerprint density at radius 3 is 2.60 bits per heavy atom. The van der Waals surface area contributed by atoms with Crippen molar-refractivity contribution >= 4 is 40.3 Å². The number of hydrogen-bond acceptors (Lipinski definition) is 8. The number of benzene rings is 2. The molecule has 40 heavy (non-hydrogen) atoms. The maximum absolute atomic E-state index is 13.8. The Morgan fingerprint density at radius 2 is 1.93 bits per heavy atom. The summed E-state index contributed by atoms with van der Waals surface area (Å²) >= 11 is 1.33. The fraction of sp³-hybridized carbons (Fsp3) is 0.357. The van der Waals surface area contributed by atoms with Gasteiger partial charge in [-0.05, 0) is 48.7 Å². The van der Waals surface area contributed by atoms with Crippen molar-refractivity contribution in [3.8, 4) is 11.5 Å². The van der Waals surface area contributed by atoms with Crippen LogP contribution >= 0.6 is 11.3 Å². The third-order valence-corrected chi connectivity index (χ3v) is 8.16. The van der Waals surface area contributed by atoms with Crippen LogP contribution in [0.5, 0.6) is 11.5 Å². The number of carboxylic acids is 1. The number of aliphatic imine (C=N–C) groups is 1. The van der Waals surface area contributed by atoms with Crippen LogP contribution in [0.25, 0.3) is 0 Å². The molecule has 0 bridgehead atoms. The van der Waals surface area contributed by atoms with Crippen molar-refractivity contribution in [3.63, 3.8) is 0 Å². The van der Waals surface area contributed by atoms with Crippen molar-refractivity contribution in [1.82, 2.24) is 4.90 Å². The summed E-state index contributed by atoms with van der Waals surface area (Å²) in [5.41, 5.74) is 0.878. The molecule has 1 N–H and O–H groups in total. The van der Waals surface area contributed by atoms with Gasteiger partial charge in [-0.2, -0.15) is 13.2 Å². The molecule has 0 unspecified atom stereocenters. The highest BCUT2D eigenvalue weighted by atomic mass is 32.1. The fourth-order valence-electron chi connectivity index (χ4n) is 5.29. The monoisotopic (exact) mass is 574 g/mol. The number of carboxylic acid groups (broad SMARTS) is 1. The number of carbonyl (C=O) groups is 1. The van der Waals surface area contributed by atoms with E-state index in [0.29, 0.717) is 36.2 Å². The highest BCUT2D eigenvalue weighted by molar-refractivity contribution is 7.10. The highest BCUT2D eigenvalue weighted by Gasteiger charge is 2.41. The average Bonchev–Trinajstić information content (AvgIpc) is 3.40. The molecule has 0 spiro atoms. The van der Waals surface area contributed by atoms with E-state index in [0.717, 1.165) is 23.6 Å². The molecule has 1 fully saturated rings. The first-order chi connectivity index (χ1) is 19.1. The highest BCUT2D eigenvalue weighted by Crippen LogP contribution is 2.47. The molecule has 212 valence electrons. The first-order valence-corrected chi connectivity index (χ1v) is 13.6. The molecule has 1 saturated heterocycles. The quantitative estimate of drug-likeness (QED) is 0.386. The number of guanidine groups is 1. The lowest BCUT2D eigenvalue weighted by Crippen LogP contribution is -2.58. The van der Waals surface area contributed by atoms with Crippen molar-refractivity contribution < 1.29 is 32.5 Å². The van der Waals surface area contributed by atoms with Gasteiger partial charge in [0, 0.05) is 37.4 Å². The van der Waals surface area contributed by atoms with Gasteiger partial charge in [-0.25, -0.2) is 4.99 Å². The summed E-state index contributed by atoms with van der Waals surface area (Å²) < 4.78 is 52.3. The summed E-state index contributed by atoms with van der Waals surface area (Å²) in [4.78, 5) is 23.5. The van der Waals surface area contributed by atoms with E-state index >= 15 is 0 Å². The van der Waals surface area contributed by atoms with Crippen LogP contribution in [0.1, 0.15) is 29.8 Å². The number of thiophene rings is 1. The Morgan fingerprint density at radius 1 is 1.12 bits per heavy atom. The number of nitrogens with zero attached hydrogens (tertiary/aromatic N) is 4. The molecule has 2 atom stereocenters. The van der Waals surface area contributed by atoms with Crippen molar-refractivity contribution in [3.05, 3.63) is 64.4 Å². The van der Waals surface area contributed by atoms with Crippen molar-refractivity contribution in [2.45, 2.75) is 31.6 Å². The zero-order chi connectivity index (χ0) is 28.6. The summed E-state index contributed by atoms with van der Waals surface area (Å²) in [7, 11) is 3.00. The van der Waals surface area contributed by atoms with Gasteiger partial charge >= 0.3 is 12.1 Å². The van der Waals surface area contributed by atoms with Gasteiger partial charge in [0.15, 0.2) is 0 Å². The van der Waals surface area contributed by atoms with Gasteiger partial charge in [-0.15, -0.1) is 11.3 Å². The molecule has 3 heterocycles. The van der Waals surface area contributed by atoms with E-state index in [1.807, 2.05) is 40.6 Å². The van der Waals surface area contributed by atoms with Gasteiger partial charge in [-0.1, -0.05) is 6.07 Å². The van der Waals surface area contributed by atoms with E-state index in [1.165, 1.54) is 24.5 Å². The predicted octanol–water partition coefficient (Wildman–Crippen LogP) is 6.02. The smallest absolute Gasteiger partial charge is 0.416 e. The third-order valence-electron chi connectivity index (χ3n) is 7.15. The molecule has 1 aromatic heterocycles. The molecule has 5 rings (SSSR count). The molecular formula is C28H29F3N4O4S. The Balaban J connectivity index is 1.58. The Bertz CT molecular complexity index is 1430. The number of ether oxygens (including phenoxy) is 2. The zero-order valence-corrected chi connectivity index (χ0v) is 23.0. The summed E-state index contributed by atoms with van der Waals surface area (Å²) in [6, 6.07) is 12.1. The molecule has 2 aliphatic heterocycles. The van der Waals surface area contributed by atoms with Gasteiger partial charge in [0.25, 0.3) is 0 Å². The summed E-state index contributed by atoms with van der Waals surface area (Å²) in [5.74, 6) is 0.261. The normalized spacial score (nSPS) is 19.2. The number of aliphatic carboxylic acids is 1. The fourth-order valence-corrected chi connectivity index (χ4v) is 6.21. The van der Waals surface area contributed by atoms with E-state index in [2.05, 4.69) is 11.8 Å². The molecule has 0 radical (unpaired) electrons. The van der Waals surface area contributed by atoms with Crippen molar-refractivity contribution in [1.29, 1.82) is 0 Å². The molecule has 0 amide bonds. The standard InChI is InChI=1S/C28H29F3N4O4S/c1-17-16-33(10-11-34(17)19-5-4-6-20(14-19)38-2)27-32-21-9-12-40-26(21)23(15-25(36)37)35(27)22-13-18(28(29,30)31)7-8-24(22)39-3/h4-9,12-14,17,23H,10-11,15-16H2,1-3H3,(H,36,37)/t17-,23-/m1/s1. The second kappa shape index (κ2) is 10.9. The van der Waals surface area contributed by atoms with Gasteiger partial charge in [0.05, 0.1) is 48.5 Å². The van der Waals surface area contributed by atoms with Crippen LogP contribution in [0, 0.1) is 0 Å². The number of hydrogen-bond donors (Lipinski definition) is 1. The van der Waals surface area contributed by atoms with Crippen LogP contribution in [0.3, 0.4) is 0 Å². The topological polar surface area (TPSA) is 77.8 Å². The van der Waals surface area contributed by atoms with Gasteiger partial charge in [0.1, 0.15) is 11.5 Å². The molecule has 2 aromatic carbocycles. The second-order valence-electron chi connectivity index (χ2n) is 9.64. The maximum atomic E-state index is 13.8. The van der Waals surface area contributed by atoms with Gasteiger partial charge < -0.3 is 24.4 Å². The van der Waals surface area contributed by atoms with Crippen LogP contribution in [0.2, 0.25) is 0 Å². The number of anilines is 2. The van der Waals surface area contributed by atoms with Crippen LogP contribution < -0.4 is 19.3 Å². The minimum Gasteiger partial charge on any atom is -0.497 e. The van der Waals surface area contributed by atoms with E-state index in [9.17, 15) is 23.1 Å².